The van der Waals surface area contributed by atoms with Crippen molar-refractivity contribution in [2.24, 2.45) is 0 Å². The monoisotopic (exact) mass is 268 g/mol. The number of benzene rings is 1. The van der Waals surface area contributed by atoms with Crippen LogP contribution in [0.5, 0.6) is 0 Å². The molecule has 0 atom stereocenters. The lowest BCUT2D eigenvalue weighted by Gasteiger charge is -2.03. The van der Waals surface area contributed by atoms with Crippen molar-refractivity contribution in [3.05, 3.63) is 48.2 Å². The third-order valence-corrected chi connectivity index (χ3v) is 2.99. The lowest BCUT2D eigenvalue weighted by Crippen LogP contribution is -2.00. The number of hydrogen-bond donors (Lipinski definition) is 1. The number of fused-ring (bicyclic) bond motifs is 1. The van der Waals surface area contributed by atoms with Gasteiger partial charge in [0.1, 0.15) is 0 Å². The van der Waals surface area contributed by atoms with Gasteiger partial charge in [-0.25, -0.2) is 9.31 Å². The first-order chi connectivity index (χ1) is 9.67. The van der Waals surface area contributed by atoms with Gasteiger partial charge in [0, 0.05) is 11.8 Å². The van der Waals surface area contributed by atoms with Gasteiger partial charge in [0.25, 0.3) is 0 Å². The zero-order valence-corrected chi connectivity index (χ0v) is 10.8. The Balaban J connectivity index is 1.99. The number of hydrogen-bond acceptors (Lipinski definition) is 5. The summed E-state index contributed by atoms with van der Waals surface area (Å²) >= 11 is 0. The molecule has 20 heavy (non-hydrogen) atoms. The van der Waals surface area contributed by atoms with Crippen molar-refractivity contribution in [1.29, 1.82) is 0 Å². The van der Waals surface area contributed by atoms with E-state index in [1.54, 1.807) is 16.6 Å². The van der Waals surface area contributed by atoms with E-state index >= 15 is 0 Å². The third kappa shape index (κ3) is 2.07. The molecular weight excluding hydrogens is 256 g/mol. The second-order valence-corrected chi connectivity index (χ2v) is 4.26. The number of carbonyl (C=O) groups excluding carboxylic acids is 1. The van der Waals surface area contributed by atoms with Gasteiger partial charge >= 0.3 is 5.97 Å². The standard InChI is InChI=1S/C14H12N4O2/c1-20-13(19)10-4-2-9(3-5-10)11-6-7-12-16-14(15)17-18(12)8-11/h2-8H,1H3,(H2,15,17). The Morgan fingerprint density at radius 1 is 1.15 bits per heavy atom. The SMILES string of the molecule is COC(=O)c1ccc(-c2ccc3nc(N)nn3c2)cc1. The highest BCUT2D eigenvalue weighted by Crippen LogP contribution is 2.20. The van der Waals surface area contributed by atoms with Gasteiger partial charge in [0.15, 0.2) is 5.65 Å². The lowest BCUT2D eigenvalue weighted by atomic mass is 10.1. The number of nitrogen functional groups attached to an aromatic ring is 1. The summed E-state index contributed by atoms with van der Waals surface area (Å²) in [5.74, 6) is -0.112. The summed E-state index contributed by atoms with van der Waals surface area (Å²) in [6, 6.07) is 10.9. The average molecular weight is 268 g/mol. The van der Waals surface area contributed by atoms with Gasteiger partial charge in [-0.3, -0.25) is 0 Å². The molecule has 0 aliphatic rings. The first-order valence-electron chi connectivity index (χ1n) is 5.98. The predicted octanol–water partition coefficient (Wildman–Crippen LogP) is 1.77. The summed E-state index contributed by atoms with van der Waals surface area (Å²) in [5, 5.41) is 4.07. The van der Waals surface area contributed by atoms with Crippen molar-refractivity contribution in [2.45, 2.75) is 0 Å². The molecule has 2 aromatic heterocycles. The number of rotatable bonds is 2. The molecule has 2 N–H and O–H groups in total. The van der Waals surface area contributed by atoms with Crippen molar-refractivity contribution in [1.82, 2.24) is 14.6 Å². The summed E-state index contributed by atoms with van der Waals surface area (Å²) in [6.07, 6.45) is 1.84. The average Bonchev–Trinajstić information content (AvgIpc) is 2.85. The second kappa shape index (κ2) is 4.65. The maximum atomic E-state index is 11.4. The van der Waals surface area contributed by atoms with E-state index in [0.29, 0.717) is 11.2 Å². The minimum atomic E-state index is -0.351. The highest BCUT2D eigenvalue weighted by atomic mass is 16.5. The number of esters is 1. The van der Waals surface area contributed by atoms with E-state index in [4.69, 9.17) is 5.73 Å². The van der Waals surface area contributed by atoms with E-state index in [1.807, 2.05) is 30.5 Å². The van der Waals surface area contributed by atoms with Crippen molar-refractivity contribution in [3.63, 3.8) is 0 Å². The molecule has 1 aromatic carbocycles. The number of nitrogens with two attached hydrogens (primary N) is 1. The molecule has 0 aliphatic carbocycles. The van der Waals surface area contributed by atoms with Gasteiger partial charge in [-0.2, -0.15) is 4.98 Å². The molecule has 100 valence electrons. The molecule has 0 amide bonds. The first-order valence-corrected chi connectivity index (χ1v) is 5.98. The molecule has 3 aromatic rings. The molecule has 0 radical (unpaired) electrons. The largest absolute Gasteiger partial charge is 0.465 e. The molecule has 0 aliphatic heterocycles. The van der Waals surface area contributed by atoms with Crippen LogP contribution in [0, 0.1) is 0 Å². The molecule has 0 fully saturated rings. The Morgan fingerprint density at radius 2 is 1.85 bits per heavy atom. The Labute approximate surface area is 114 Å². The van der Waals surface area contributed by atoms with Crippen LogP contribution in [0.2, 0.25) is 0 Å². The van der Waals surface area contributed by atoms with Crippen LogP contribution in [0.3, 0.4) is 0 Å². The van der Waals surface area contributed by atoms with Crippen LogP contribution >= 0.6 is 0 Å². The number of aromatic nitrogens is 3. The number of carbonyl (C=O) groups is 1. The highest BCUT2D eigenvalue weighted by Gasteiger charge is 2.06. The van der Waals surface area contributed by atoms with E-state index in [-0.39, 0.29) is 11.9 Å². The molecule has 6 heteroatoms. The van der Waals surface area contributed by atoms with Crippen LogP contribution in [-0.4, -0.2) is 27.7 Å². The van der Waals surface area contributed by atoms with Gasteiger partial charge in [-0.15, -0.1) is 5.10 Å². The van der Waals surface area contributed by atoms with Crippen molar-refractivity contribution < 1.29 is 9.53 Å². The summed E-state index contributed by atoms with van der Waals surface area (Å²) in [4.78, 5) is 15.4. The van der Waals surface area contributed by atoms with Gasteiger partial charge in [0.05, 0.1) is 12.7 Å². The number of pyridine rings is 1. The lowest BCUT2D eigenvalue weighted by molar-refractivity contribution is 0.0601. The maximum absolute atomic E-state index is 11.4. The Kier molecular flexibility index (Phi) is 2.83. The zero-order valence-electron chi connectivity index (χ0n) is 10.8. The van der Waals surface area contributed by atoms with Gasteiger partial charge < -0.3 is 10.5 Å². The third-order valence-electron chi connectivity index (χ3n) is 2.99. The van der Waals surface area contributed by atoms with E-state index in [2.05, 4.69) is 14.8 Å². The fourth-order valence-electron chi connectivity index (χ4n) is 1.99. The predicted molar refractivity (Wildman–Crippen MR) is 74.2 cm³/mol. The van der Waals surface area contributed by atoms with Crippen molar-refractivity contribution >= 4 is 17.6 Å². The molecule has 3 rings (SSSR count). The highest BCUT2D eigenvalue weighted by molar-refractivity contribution is 5.89. The van der Waals surface area contributed by atoms with Gasteiger partial charge in [-0.05, 0) is 29.8 Å². The summed E-state index contributed by atoms with van der Waals surface area (Å²) in [6.45, 7) is 0. The fourth-order valence-corrected chi connectivity index (χ4v) is 1.99. The van der Waals surface area contributed by atoms with Crippen LogP contribution in [0.15, 0.2) is 42.6 Å². The minimum Gasteiger partial charge on any atom is -0.465 e. The number of nitrogens with zero attached hydrogens (tertiary/aromatic N) is 3. The van der Waals surface area contributed by atoms with Crippen LogP contribution < -0.4 is 5.73 Å². The summed E-state index contributed by atoms with van der Waals surface area (Å²) in [5.41, 5.74) is 8.69. The topological polar surface area (TPSA) is 82.5 Å². The molecule has 0 saturated heterocycles. The molecule has 0 spiro atoms. The van der Waals surface area contributed by atoms with E-state index in [0.717, 1.165) is 11.1 Å². The van der Waals surface area contributed by atoms with Crippen molar-refractivity contribution in [3.8, 4) is 11.1 Å². The first kappa shape index (κ1) is 12.2. The van der Waals surface area contributed by atoms with Crippen molar-refractivity contribution in [2.75, 3.05) is 12.8 Å². The van der Waals surface area contributed by atoms with Crippen LogP contribution in [0.1, 0.15) is 10.4 Å². The minimum absolute atomic E-state index is 0.239. The molecule has 2 heterocycles. The summed E-state index contributed by atoms with van der Waals surface area (Å²) in [7, 11) is 1.36. The molecule has 0 saturated carbocycles. The normalized spacial score (nSPS) is 10.7. The molecule has 6 nitrogen and oxygen atoms in total. The number of methoxy groups -OCH3 is 1. The van der Waals surface area contributed by atoms with Crippen LogP contribution in [0.25, 0.3) is 16.8 Å². The van der Waals surface area contributed by atoms with Crippen LogP contribution in [-0.2, 0) is 4.74 Å². The van der Waals surface area contributed by atoms with Crippen LogP contribution in [0.4, 0.5) is 5.95 Å². The quantitative estimate of drug-likeness (QED) is 0.716. The molecular formula is C14H12N4O2. The number of anilines is 1. The molecule has 0 bridgehead atoms. The van der Waals surface area contributed by atoms with Gasteiger partial charge in [-0.1, -0.05) is 12.1 Å². The Morgan fingerprint density at radius 3 is 2.55 bits per heavy atom. The van der Waals surface area contributed by atoms with Gasteiger partial charge in [0.2, 0.25) is 5.95 Å². The zero-order chi connectivity index (χ0) is 14.1. The fraction of sp³-hybridized carbons (Fsp3) is 0.0714. The smallest absolute Gasteiger partial charge is 0.337 e. The Bertz CT molecular complexity index is 777. The number of ether oxygens (including phenoxy) is 1. The van der Waals surface area contributed by atoms with E-state index < -0.39 is 0 Å². The maximum Gasteiger partial charge on any atom is 0.337 e. The van der Waals surface area contributed by atoms with E-state index in [1.165, 1.54) is 7.11 Å². The molecule has 0 unspecified atom stereocenters. The summed E-state index contributed by atoms with van der Waals surface area (Å²) < 4.78 is 6.29. The Hall–Kier alpha value is -2.89. The second-order valence-electron chi connectivity index (χ2n) is 4.26. The van der Waals surface area contributed by atoms with E-state index in [9.17, 15) is 4.79 Å².